The van der Waals surface area contributed by atoms with Crippen molar-refractivity contribution in [2.45, 2.75) is 38.5 Å². The predicted molar refractivity (Wildman–Crippen MR) is 98.2 cm³/mol. The summed E-state index contributed by atoms with van der Waals surface area (Å²) >= 11 is 1.69. The van der Waals surface area contributed by atoms with Crippen molar-refractivity contribution in [2.75, 3.05) is 39.3 Å². The summed E-state index contributed by atoms with van der Waals surface area (Å²) in [5, 5.41) is 13.9. The molecular formula is C19H30N2O2S. The number of amides is 1. The minimum absolute atomic E-state index is 0.201. The van der Waals surface area contributed by atoms with Gasteiger partial charge in [-0.25, -0.2) is 0 Å². The Kier molecular flexibility index (Phi) is 6.69. The molecule has 2 aliphatic rings. The SMILES string of the molecule is O=C(CCc1ccsc1)N1C[C@@H](CO)[C@@H](CN2CCCCCC2)C1. The van der Waals surface area contributed by atoms with Gasteiger partial charge in [-0.15, -0.1) is 0 Å². The monoisotopic (exact) mass is 350 g/mol. The van der Waals surface area contributed by atoms with Crippen LogP contribution in [0.5, 0.6) is 0 Å². The van der Waals surface area contributed by atoms with E-state index in [0.29, 0.717) is 12.3 Å². The van der Waals surface area contributed by atoms with Crippen molar-refractivity contribution in [1.29, 1.82) is 0 Å². The zero-order valence-electron chi connectivity index (χ0n) is 14.5. The van der Waals surface area contributed by atoms with Crippen molar-refractivity contribution in [3.8, 4) is 0 Å². The van der Waals surface area contributed by atoms with Crippen LogP contribution >= 0.6 is 11.3 Å². The summed E-state index contributed by atoms with van der Waals surface area (Å²) in [5.41, 5.74) is 1.26. The minimum atomic E-state index is 0.201. The highest BCUT2D eigenvalue weighted by molar-refractivity contribution is 7.07. The second-order valence-electron chi connectivity index (χ2n) is 7.35. The van der Waals surface area contributed by atoms with Gasteiger partial charge in [0.15, 0.2) is 0 Å². The summed E-state index contributed by atoms with van der Waals surface area (Å²) in [6, 6.07) is 2.10. The van der Waals surface area contributed by atoms with E-state index in [0.717, 1.165) is 26.1 Å². The second-order valence-corrected chi connectivity index (χ2v) is 8.13. The van der Waals surface area contributed by atoms with E-state index in [-0.39, 0.29) is 18.4 Å². The highest BCUT2D eigenvalue weighted by atomic mass is 32.1. The van der Waals surface area contributed by atoms with Gasteiger partial charge in [-0.05, 0) is 60.7 Å². The number of carbonyl (C=O) groups is 1. The van der Waals surface area contributed by atoms with Crippen LogP contribution in [0.4, 0.5) is 0 Å². The number of likely N-dealkylation sites (tertiary alicyclic amines) is 2. The third-order valence-corrected chi connectivity index (χ3v) is 6.29. The number of hydrogen-bond acceptors (Lipinski definition) is 4. The van der Waals surface area contributed by atoms with Gasteiger partial charge in [0, 0.05) is 38.6 Å². The molecule has 0 spiro atoms. The molecule has 5 heteroatoms. The van der Waals surface area contributed by atoms with E-state index >= 15 is 0 Å². The van der Waals surface area contributed by atoms with Crippen LogP contribution in [0.2, 0.25) is 0 Å². The first-order valence-electron chi connectivity index (χ1n) is 9.38. The number of carbonyl (C=O) groups excluding carboxylic acids is 1. The number of rotatable bonds is 6. The standard InChI is InChI=1S/C19H30N2O2S/c22-14-18-13-21(19(23)6-5-16-7-10-24-15-16)12-17(18)11-20-8-3-1-2-4-9-20/h7,10,15,17-18,22H,1-6,8-9,11-14H2/t17-,18-/m0/s1. The fourth-order valence-corrected chi connectivity index (χ4v) is 4.75. The molecule has 134 valence electrons. The molecule has 1 aromatic heterocycles. The molecule has 3 rings (SSSR count). The van der Waals surface area contributed by atoms with E-state index in [9.17, 15) is 9.90 Å². The summed E-state index contributed by atoms with van der Waals surface area (Å²) in [6.45, 7) is 5.16. The Hall–Kier alpha value is -0.910. The van der Waals surface area contributed by atoms with Gasteiger partial charge in [0.2, 0.25) is 5.91 Å². The molecule has 0 aliphatic carbocycles. The summed E-state index contributed by atoms with van der Waals surface area (Å²) in [5.74, 6) is 0.926. The third kappa shape index (κ3) is 4.80. The van der Waals surface area contributed by atoms with Gasteiger partial charge in [-0.2, -0.15) is 11.3 Å². The summed E-state index contributed by atoms with van der Waals surface area (Å²) in [6.07, 6.45) is 6.69. The Bertz CT molecular complexity index is 497. The first-order valence-corrected chi connectivity index (χ1v) is 10.3. The fraction of sp³-hybridized carbons (Fsp3) is 0.737. The average Bonchev–Trinajstić information content (AvgIpc) is 3.18. The lowest BCUT2D eigenvalue weighted by Crippen LogP contribution is -2.35. The normalized spacial score (nSPS) is 25.8. The van der Waals surface area contributed by atoms with Gasteiger partial charge in [-0.3, -0.25) is 4.79 Å². The number of aliphatic hydroxyl groups is 1. The Morgan fingerprint density at radius 2 is 1.92 bits per heavy atom. The third-order valence-electron chi connectivity index (χ3n) is 5.56. The number of hydrogen-bond donors (Lipinski definition) is 1. The molecule has 4 nitrogen and oxygen atoms in total. The van der Waals surface area contributed by atoms with Crippen LogP contribution < -0.4 is 0 Å². The lowest BCUT2D eigenvalue weighted by molar-refractivity contribution is -0.130. The van der Waals surface area contributed by atoms with Gasteiger partial charge in [-0.1, -0.05) is 12.8 Å². The van der Waals surface area contributed by atoms with E-state index in [4.69, 9.17) is 0 Å². The van der Waals surface area contributed by atoms with Crippen LogP contribution in [0.3, 0.4) is 0 Å². The molecule has 1 aromatic rings. The predicted octanol–water partition coefficient (Wildman–Crippen LogP) is 2.62. The summed E-state index contributed by atoms with van der Waals surface area (Å²) in [7, 11) is 0. The zero-order valence-corrected chi connectivity index (χ0v) is 15.3. The Morgan fingerprint density at radius 1 is 1.17 bits per heavy atom. The molecule has 0 bridgehead atoms. The number of nitrogens with zero attached hydrogens (tertiary/aromatic N) is 2. The molecule has 2 saturated heterocycles. The number of aliphatic hydroxyl groups excluding tert-OH is 1. The Labute approximate surface area is 149 Å². The molecule has 0 saturated carbocycles. The zero-order chi connectivity index (χ0) is 16.8. The van der Waals surface area contributed by atoms with Gasteiger partial charge in [0.05, 0.1) is 0 Å². The quantitative estimate of drug-likeness (QED) is 0.858. The van der Waals surface area contributed by atoms with E-state index < -0.39 is 0 Å². The smallest absolute Gasteiger partial charge is 0.222 e. The van der Waals surface area contributed by atoms with Crippen molar-refractivity contribution >= 4 is 17.2 Å². The minimum Gasteiger partial charge on any atom is -0.396 e. The Balaban J connectivity index is 1.50. The largest absolute Gasteiger partial charge is 0.396 e. The maximum atomic E-state index is 12.5. The average molecular weight is 351 g/mol. The maximum Gasteiger partial charge on any atom is 0.222 e. The van der Waals surface area contributed by atoms with Gasteiger partial charge in [0.25, 0.3) is 0 Å². The number of aryl methyl sites for hydroxylation is 1. The van der Waals surface area contributed by atoms with Crippen LogP contribution in [0.1, 0.15) is 37.7 Å². The van der Waals surface area contributed by atoms with Gasteiger partial charge in [0.1, 0.15) is 0 Å². The second kappa shape index (κ2) is 8.97. The molecule has 2 atom stereocenters. The van der Waals surface area contributed by atoms with E-state index in [2.05, 4.69) is 21.7 Å². The molecule has 0 radical (unpaired) electrons. The molecule has 3 heterocycles. The summed E-state index contributed by atoms with van der Waals surface area (Å²) < 4.78 is 0. The lowest BCUT2D eigenvalue weighted by atomic mass is 9.96. The van der Waals surface area contributed by atoms with Gasteiger partial charge >= 0.3 is 0 Å². The highest BCUT2D eigenvalue weighted by Gasteiger charge is 2.35. The van der Waals surface area contributed by atoms with Crippen molar-refractivity contribution in [3.63, 3.8) is 0 Å². The highest BCUT2D eigenvalue weighted by Crippen LogP contribution is 2.26. The molecule has 1 N–H and O–H groups in total. The maximum absolute atomic E-state index is 12.5. The van der Waals surface area contributed by atoms with Crippen LogP contribution in [-0.4, -0.2) is 60.1 Å². The van der Waals surface area contributed by atoms with Gasteiger partial charge < -0.3 is 14.9 Å². The van der Waals surface area contributed by atoms with Crippen LogP contribution in [0.25, 0.3) is 0 Å². The first kappa shape index (κ1) is 17.9. The van der Waals surface area contributed by atoms with Crippen LogP contribution in [0.15, 0.2) is 16.8 Å². The molecule has 1 amide bonds. The van der Waals surface area contributed by atoms with Crippen LogP contribution in [0, 0.1) is 11.8 Å². The number of thiophene rings is 1. The van der Waals surface area contributed by atoms with E-state index in [1.54, 1.807) is 11.3 Å². The van der Waals surface area contributed by atoms with Crippen molar-refractivity contribution in [1.82, 2.24) is 9.80 Å². The molecule has 2 fully saturated rings. The lowest BCUT2D eigenvalue weighted by Gasteiger charge is -2.26. The van der Waals surface area contributed by atoms with Crippen LogP contribution in [-0.2, 0) is 11.2 Å². The molecule has 24 heavy (non-hydrogen) atoms. The van der Waals surface area contributed by atoms with Crippen molar-refractivity contribution in [2.24, 2.45) is 11.8 Å². The van der Waals surface area contributed by atoms with Crippen molar-refractivity contribution in [3.05, 3.63) is 22.4 Å². The molecule has 0 unspecified atom stereocenters. The summed E-state index contributed by atoms with van der Waals surface area (Å²) in [4.78, 5) is 17.1. The van der Waals surface area contributed by atoms with E-state index in [1.807, 2.05) is 4.90 Å². The Morgan fingerprint density at radius 3 is 2.58 bits per heavy atom. The first-order chi connectivity index (χ1) is 11.8. The van der Waals surface area contributed by atoms with E-state index in [1.165, 1.54) is 44.3 Å². The fourth-order valence-electron chi connectivity index (χ4n) is 4.05. The molecule has 2 aliphatic heterocycles. The molecule has 0 aromatic carbocycles. The topological polar surface area (TPSA) is 43.8 Å². The molecular weight excluding hydrogens is 320 g/mol. The van der Waals surface area contributed by atoms with Crippen molar-refractivity contribution < 1.29 is 9.90 Å².